The molecule has 0 aliphatic rings. The molecule has 0 saturated heterocycles. The van der Waals surface area contributed by atoms with Crippen LogP contribution in [0.4, 0.5) is 5.69 Å². The predicted molar refractivity (Wildman–Crippen MR) is 67.6 cm³/mol. The summed E-state index contributed by atoms with van der Waals surface area (Å²) in [5.41, 5.74) is 1.19. The number of nitrogens with zero attached hydrogens (tertiary/aromatic N) is 2. The maximum absolute atomic E-state index is 12.0. The molecule has 0 spiro atoms. The number of carbonyl (C=O) groups is 1. The zero-order chi connectivity index (χ0) is 13.8. The van der Waals surface area contributed by atoms with Crippen LogP contribution in [0.1, 0.15) is 21.6 Å². The summed E-state index contributed by atoms with van der Waals surface area (Å²) in [4.78, 5) is 29.1. The van der Waals surface area contributed by atoms with E-state index < -0.39 is 10.8 Å². The Bertz CT molecular complexity index is 607. The number of nitro benzene ring substituents is 1. The van der Waals surface area contributed by atoms with Gasteiger partial charge in [0.1, 0.15) is 5.56 Å². The molecule has 0 atom stereocenters. The Morgan fingerprint density at radius 2 is 2.32 bits per heavy atom. The maximum atomic E-state index is 12.0. The molecule has 0 bridgehead atoms. The number of H-pyrrole nitrogens is 1. The summed E-state index contributed by atoms with van der Waals surface area (Å²) in [7, 11) is 0. The molecular formula is C12H12N4O3. The molecule has 0 fully saturated rings. The van der Waals surface area contributed by atoms with Gasteiger partial charge in [-0.2, -0.15) is 0 Å². The molecule has 7 nitrogen and oxygen atoms in total. The van der Waals surface area contributed by atoms with Gasteiger partial charge in [0.25, 0.3) is 11.6 Å². The molecular weight excluding hydrogens is 248 g/mol. The van der Waals surface area contributed by atoms with E-state index in [0.29, 0.717) is 5.56 Å². The quantitative estimate of drug-likeness (QED) is 0.643. The molecule has 1 amide bonds. The summed E-state index contributed by atoms with van der Waals surface area (Å²) >= 11 is 0. The second-order valence-electron chi connectivity index (χ2n) is 3.99. The van der Waals surface area contributed by atoms with Crippen LogP contribution in [0.3, 0.4) is 0 Å². The van der Waals surface area contributed by atoms with Crippen molar-refractivity contribution in [2.75, 3.05) is 0 Å². The lowest BCUT2D eigenvalue weighted by Gasteiger charge is -2.07. The van der Waals surface area contributed by atoms with Crippen molar-refractivity contribution in [1.82, 2.24) is 15.3 Å². The number of carbonyl (C=O) groups excluding carboxylic acids is 1. The van der Waals surface area contributed by atoms with Crippen molar-refractivity contribution in [3.8, 4) is 0 Å². The first-order chi connectivity index (χ1) is 9.09. The molecule has 0 aliphatic heterocycles. The maximum Gasteiger partial charge on any atom is 0.282 e. The lowest BCUT2D eigenvalue weighted by atomic mass is 10.1. The zero-order valence-corrected chi connectivity index (χ0v) is 10.2. The number of aromatic nitrogens is 2. The van der Waals surface area contributed by atoms with E-state index >= 15 is 0 Å². The van der Waals surface area contributed by atoms with Crippen LogP contribution in [0.25, 0.3) is 0 Å². The van der Waals surface area contributed by atoms with Crippen LogP contribution in [-0.4, -0.2) is 20.8 Å². The topological polar surface area (TPSA) is 101 Å². The number of rotatable bonds is 4. The summed E-state index contributed by atoms with van der Waals surface area (Å²) in [6, 6.07) is 4.54. The first-order valence-electron chi connectivity index (χ1n) is 5.59. The Kier molecular flexibility index (Phi) is 3.56. The number of benzene rings is 1. The van der Waals surface area contributed by atoms with Crippen molar-refractivity contribution >= 4 is 11.6 Å². The minimum absolute atomic E-state index is 0.0898. The van der Waals surface area contributed by atoms with Crippen LogP contribution in [0, 0.1) is 17.0 Å². The molecule has 0 radical (unpaired) electrons. The molecule has 2 N–H and O–H groups in total. The zero-order valence-electron chi connectivity index (χ0n) is 10.2. The third-order valence-corrected chi connectivity index (χ3v) is 2.67. The molecule has 1 aromatic carbocycles. The molecule has 0 unspecified atom stereocenters. The smallest absolute Gasteiger partial charge is 0.282 e. The van der Waals surface area contributed by atoms with E-state index in [9.17, 15) is 14.9 Å². The van der Waals surface area contributed by atoms with Gasteiger partial charge in [0.2, 0.25) is 0 Å². The first-order valence-corrected chi connectivity index (χ1v) is 5.59. The first kappa shape index (κ1) is 12.7. The average Bonchev–Trinajstić information content (AvgIpc) is 2.88. The Morgan fingerprint density at radius 1 is 1.53 bits per heavy atom. The van der Waals surface area contributed by atoms with Crippen LogP contribution in [0.5, 0.6) is 0 Å². The number of imidazole rings is 1. The SMILES string of the molecule is Cc1cccc([N+](=O)[O-])c1C(=O)NCc1cnc[nH]1. The van der Waals surface area contributed by atoms with E-state index in [-0.39, 0.29) is 17.8 Å². The largest absolute Gasteiger partial charge is 0.347 e. The Morgan fingerprint density at radius 3 is 2.95 bits per heavy atom. The van der Waals surface area contributed by atoms with Gasteiger partial charge in [-0.3, -0.25) is 14.9 Å². The Balaban J connectivity index is 2.21. The number of nitro groups is 1. The Hall–Kier alpha value is -2.70. The van der Waals surface area contributed by atoms with Gasteiger partial charge in [-0.05, 0) is 12.5 Å². The average molecular weight is 260 g/mol. The van der Waals surface area contributed by atoms with E-state index in [0.717, 1.165) is 5.69 Å². The molecule has 19 heavy (non-hydrogen) atoms. The van der Waals surface area contributed by atoms with Crippen molar-refractivity contribution in [3.63, 3.8) is 0 Å². The van der Waals surface area contributed by atoms with E-state index in [1.54, 1.807) is 25.3 Å². The van der Waals surface area contributed by atoms with Crippen LogP contribution in [0.15, 0.2) is 30.7 Å². The number of hydrogen-bond donors (Lipinski definition) is 2. The molecule has 0 saturated carbocycles. The van der Waals surface area contributed by atoms with Gasteiger partial charge in [0.15, 0.2) is 0 Å². The van der Waals surface area contributed by atoms with Crippen LogP contribution < -0.4 is 5.32 Å². The molecule has 7 heteroatoms. The summed E-state index contributed by atoms with van der Waals surface area (Å²) < 4.78 is 0. The van der Waals surface area contributed by atoms with Gasteiger partial charge in [-0.15, -0.1) is 0 Å². The van der Waals surface area contributed by atoms with Crippen molar-refractivity contribution < 1.29 is 9.72 Å². The van der Waals surface area contributed by atoms with Crippen LogP contribution in [-0.2, 0) is 6.54 Å². The third kappa shape index (κ3) is 2.76. The van der Waals surface area contributed by atoms with E-state index in [1.165, 1.54) is 12.4 Å². The third-order valence-electron chi connectivity index (χ3n) is 2.67. The summed E-state index contributed by atoms with van der Waals surface area (Å²) in [6.45, 7) is 1.91. The fourth-order valence-corrected chi connectivity index (χ4v) is 1.75. The van der Waals surface area contributed by atoms with E-state index in [2.05, 4.69) is 15.3 Å². The number of nitrogens with one attached hydrogen (secondary N) is 2. The lowest BCUT2D eigenvalue weighted by Crippen LogP contribution is -2.24. The van der Waals surface area contributed by atoms with Crippen molar-refractivity contribution in [1.29, 1.82) is 0 Å². The predicted octanol–water partition coefficient (Wildman–Crippen LogP) is 1.56. The normalized spacial score (nSPS) is 10.2. The van der Waals surface area contributed by atoms with E-state index in [1.807, 2.05) is 0 Å². The van der Waals surface area contributed by atoms with E-state index in [4.69, 9.17) is 0 Å². The Labute approximate surface area is 108 Å². The second kappa shape index (κ2) is 5.30. The molecule has 1 aromatic heterocycles. The highest BCUT2D eigenvalue weighted by molar-refractivity contribution is 5.99. The molecule has 2 rings (SSSR count). The number of aryl methyl sites for hydroxylation is 1. The molecule has 98 valence electrons. The molecule has 1 heterocycles. The van der Waals surface area contributed by atoms with Gasteiger partial charge >= 0.3 is 0 Å². The highest BCUT2D eigenvalue weighted by Crippen LogP contribution is 2.21. The van der Waals surface area contributed by atoms with Gasteiger partial charge in [0, 0.05) is 12.3 Å². The molecule has 2 aromatic rings. The minimum atomic E-state index is -0.557. The lowest BCUT2D eigenvalue weighted by molar-refractivity contribution is -0.385. The van der Waals surface area contributed by atoms with Gasteiger partial charge < -0.3 is 10.3 Å². The van der Waals surface area contributed by atoms with Crippen LogP contribution >= 0.6 is 0 Å². The monoisotopic (exact) mass is 260 g/mol. The summed E-state index contributed by atoms with van der Waals surface area (Å²) in [5, 5.41) is 13.5. The fraction of sp³-hybridized carbons (Fsp3) is 0.167. The highest BCUT2D eigenvalue weighted by atomic mass is 16.6. The van der Waals surface area contributed by atoms with Gasteiger partial charge in [-0.1, -0.05) is 12.1 Å². The standard InChI is InChI=1S/C12H12N4O3/c1-8-3-2-4-10(16(18)19)11(8)12(17)14-6-9-5-13-7-15-9/h2-5,7H,6H2,1H3,(H,13,15)(H,14,17). The van der Waals surface area contributed by atoms with Crippen molar-refractivity contribution in [2.24, 2.45) is 0 Å². The fourth-order valence-electron chi connectivity index (χ4n) is 1.75. The highest BCUT2D eigenvalue weighted by Gasteiger charge is 2.21. The minimum Gasteiger partial charge on any atom is -0.347 e. The molecule has 0 aliphatic carbocycles. The van der Waals surface area contributed by atoms with Crippen molar-refractivity contribution in [2.45, 2.75) is 13.5 Å². The van der Waals surface area contributed by atoms with Crippen LogP contribution in [0.2, 0.25) is 0 Å². The summed E-state index contributed by atoms with van der Waals surface area (Å²) in [6.07, 6.45) is 3.07. The summed E-state index contributed by atoms with van der Waals surface area (Å²) in [5.74, 6) is -0.473. The number of aromatic amines is 1. The van der Waals surface area contributed by atoms with Gasteiger partial charge in [0.05, 0.1) is 23.5 Å². The van der Waals surface area contributed by atoms with Gasteiger partial charge in [-0.25, -0.2) is 4.98 Å². The second-order valence-corrected chi connectivity index (χ2v) is 3.99. The van der Waals surface area contributed by atoms with Crippen molar-refractivity contribution in [3.05, 3.63) is 57.7 Å². The number of amides is 1. The number of hydrogen-bond acceptors (Lipinski definition) is 4.